The lowest BCUT2D eigenvalue weighted by atomic mass is 9.95. The maximum Gasteiger partial charge on any atom is 0.337 e. The quantitative estimate of drug-likeness (QED) is 0.102. The number of rotatable bonds is 18. The van der Waals surface area contributed by atoms with E-state index < -0.39 is 6.04 Å². The van der Waals surface area contributed by atoms with Crippen LogP contribution in [0.4, 0.5) is 0 Å². The van der Waals surface area contributed by atoms with Crippen molar-refractivity contribution in [2.24, 2.45) is 23.5 Å². The Hall–Kier alpha value is -3.14. The van der Waals surface area contributed by atoms with Gasteiger partial charge in [0.05, 0.1) is 48.8 Å². The summed E-state index contributed by atoms with van der Waals surface area (Å²) in [4.78, 5) is 47.9. The van der Waals surface area contributed by atoms with Crippen molar-refractivity contribution in [3.8, 4) is 0 Å². The first-order chi connectivity index (χ1) is 24.2. The van der Waals surface area contributed by atoms with Crippen LogP contribution in [0.1, 0.15) is 144 Å². The third kappa shape index (κ3) is 19.9. The summed E-state index contributed by atoms with van der Waals surface area (Å²) in [6.45, 7) is 14.6. The second-order valence-corrected chi connectivity index (χ2v) is 14.3. The van der Waals surface area contributed by atoms with E-state index in [1.807, 2.05) is 45.0 Å². The van der Waals surface area contributed by atoms with Crippen LogP contribution in [0.25, 0.3) is 0 Å². The van der Waals surface area contributed by atoms with E-state index in [1.54, 1.807) is 24.3 Å². The van der Waals surface area contributed by atoms with Crippen LogP contribution in [0.5, 0.6) is 0 Å². The van der Waals surface area contributed by atoms with Crippen LogP contribution in [0, 0.1) is 17.8 Å². The largest absolute Gasteiger partial charge is 0.465 e. The van der Waals surface area contributed by atoms with E-state index in [4.69, 9.17) is 38.4 Å². The molecule has 288 valence electrons. The van der Waals surface area contributed by atoms with Crippen molar-refractivity contribution in [2.75, 3.05) is 19.6 Å². The first-order valence-corrected chi connectivity index (χ1v) is 19.1. The highest BCUT2D eigenvalue weighted by atomic mass is 35.5. The predicted octanol–water partition coefficient (Wildman–Crippen LogP) is 9.12. The molecule has 2 aromatic rings. The summed E-state index contributed by atoms with van der Waals surface area (Å²) < 4.78 is 9.44. The van der Waals surface area contributed by atoms with Gasteiger partial charge in [0, 0.05) is 5.92 Å². The molecule has 4 atom stereocenters. The molecule has 0 aromatic heterocycles. The highest BCUT2D eigenvalue weighted by Gasteiger charge is 2.21. The molecule has 2 aromatic carbocycles. The number of benzene rings is 2. The van der Waals surface area contributed by atoms with Crippen LogP contribution in [-0.4, -0.2) is 49.4 Å². The zero-order valence-corrected chi connectivity index (χ0v) is 33.7. The minimum atomic E-state index is -0.497. The van der Waals surface area contributed by atoms with E-state index >= 15 is 0 Å². The van der Waals surface area contributed by atoms with Gasteiger partial charge in [0.2, 0.25) is 11.8 Å². The average Bonchev–Trinajstić information content (AvgIpc) is 3.11. The maximum absolute atomic E-state index is 12.5. The Morgan fingerprint density at radius 1 is 0.647 bits per heavy atom. The number of halogens is 2. The molecule has 4 N–H and O–H groups in total. The highest BCUT2D eigenvalue weighted by Crippen LogP contribution is 2.23. The molecule has 51 heavy (non-hydrogen) atoms. The van der Waals surface area contributed by atoms with E-state index in [0.717, 1.165) is 56.1 Å². The van der Waals surface area contributed by atoms with Crippen molar-refractivity contribution in [1.82, 2.24) is 10.6 Å². The first kappa shape index (κ1) is 47.9. The van der Waals surface area contributed by atoms with E-state index in [-0.39, 0.29) is 47.1 Å². The Labute approximate surface area is 317 Å². The molecule has 0 aliphatic rings. The van der Waals surface area contributed by atoms with Crippen LogP contribution in [0.2, 0.25) is 0 Å². The molecule has 0 aliphatic carbocycles. The molecule has 0 bridgehead atoms. The highest BCUT2D eigenvalue weighted by molar-refractivity contribution is 6.40. The SMILES string of the molecule is CCCC[C@@H](NC(=O)C(C)CC(C)C)c1ccc(C(=O)OC)cc1.CCCC[C@@H](NC(=O)C(N)CC(C)C)c1ccc(C(=O)OC)cc1.ClCCl. The molecule has 0 heterocycles. The van der Waals surface area contributed by atoms with Crippen molar-refractivity contribution in [2.45, 2.75) is 118 Å². The van der Waals surface area contributed by atoms with Crippen LogP contribution < -0.4 is 16.4 Å². The summed E-state index contributed by atoms with van der Waals surface area (Å²) >= 11 is 9.53. The van der Waals surface area contributed by atoms with E-state index in [1.165, 1.54) is 14.2 Å². The van der Waals surface area contributed by atoms with Gasteiger partial charge in [-0.15, -0.1) is 23.2 Å². The predicted molar refractivity (Wildman–Crippen MR) is 209 cm³/mol. The van der Waals surface area contributed by atoms with Crippen LogP contribution >= 0.6 is 23.2 Å². The Balaban J connectivity index is 0.000000910. The van der Waals surface area contributed by atoms with Crippen molar-refractivity contribution in [3.63, 3.8) is 0 Å². The number of hydrogen-bond donors (Lipinski definition) is 3. The molecule has 2 unspecified atom stereocenters. The molecule has 11 heteroatoms. The van der Waals surface area contributed by atoms with Gasteiger partial charge in [0.15, 0.2) is 0 Å². The molecule has 0 spiro atoms. The summed E-state index contributed by atoms with van der Waals surface area (Å²) in [7, 11) is 2.73. The maximum atomic E-state index is 12.5. The lowest BCUT2D eigenvalue weighted by Crippen LogP contribution is -2.43. The van der Waals surface area contributed by atoms with Crippen molar-refractivity contribution < 1.29 is 28.7 Å². The summed E-state index contributed by atoms with van der Waals surface area (Å²) in [5.74, 6) is 0.140. The van der Waals surface area contributed by atoms with E-state index in [2.05, 4.69) is 38.3 Å². The molecule has 0 saturated heterocycles. The van der Waals surface area contributed by atoms with Gasteiger partial charge in [-0.2, -0.15) is 0 Å². The molecule has 0 aliphatic heterocycles. The molecule has 2 amide bonds. The number of methoxy groups -OCH3 is 2. The Kier molecular flexibility index (Phi) is 25.8. The molecular weight excluding hydrogens is 689 g/mol. The van der Waals surface area contributed by atoms with Crippen LogP contribution in [0.15, 0.2) is 48.5 Å². The monoisotopic (exact) mass is 751 g/mol. The number of ether oxygens (including phenoxy) is 2. The van der Waals surface area contributed by atoms with Gasteiger partial charge in [-0.3, -0.25) is 9.59 Å². The fraction of sp³-hybridized carbons (Fsp3) is 0.600. The van der Waals surface area contributed by atoms with Crippen molar-refractivity contribution in [3.05, 3.63) is 70.8 Å². The number of amides is 2. The Morgan fingerprint density at radius 2 is 1.00 bits per heavy atom. The zero-order valence-electron chi connectivity index (χ0n) is 32.2. The number of nitrogens with one attached hydrogen (secondary N) is 2. The standard InChI is InChI=1S/C20H31NO3.C19H30N2O3.CH2Cl2/c1-6-7-8-18(21-19(22)15(4)13-14(2)3)16-9-11-17(12-10-16)20(23)24-5;1-5-6-7-17(21-18(22)16(20)12-13(2)3)14-8-10-15(11-9-14)19(23)24-4;2-1-3/h9-12,14-15,18H,6-8,13H2,1-5H3,(H,21,22);8-11,13,16-17H,5-7,12,20H2,1-4H3,(H,21,22);1H2/t15?,18-;16?,17-;/m11./s1. The van der Waals surface area contributed by atoms with E-state index in [9.17, 15) is 19.2 Å². The lowest BCUT2D eigenvalue weighted by Gasteiger charge is -2.22. The number of carbonyl (C=O) groups is 4. The summed E-state index contributed by atoms with van der Waals surface area (Å²) in [6, 6.07) is 13.9. The van der Waals surface area contributed by atoms with E-state index in [0.29, 0.717) is 29.4 Å². The summed E-state index contributed by atoms with van der Waals surface area (Å²) in [5.41, 5.74) is 9.01. The van der Waals surface area contributed by atoms with Gasteiger partial charge in [-0.05, 0) is 72.9 Å². The molecule has 0 fully saturated rings. The average molecular weight is 753 g/mol. The second-order valence-electron chi connectivity index (χ2n) is 13.5. The molecule has 0 radical (unpaired) electrons. The van der Waals surface area contributed by atoms with Crippen LogP contribution in [0.3, 0.4) is 0 Å². The number of nitrogens with two attached hydrogens (primary N) is 1. The number of esters is 2. The minimum absolute atomic E-state index is 0.00321. The fourth-order valence-electron chi connectivity index (χ4n) is 5.42. The Bertz CT molecular complexity index is 1170. The summed E-state index contributed by atoms with van der Waals surface area (Å²) in [5, 5.41) is 6.43. The second kappa shape index (κ2) is 27.5. The molecular formula is C40H63Cl2N3O6. The normalized spacial score (nSPS) is 13.0. The first-order valence-electron chi connectivity index (χ1n) is 18.0. The smallest absolute Gasteiger partial charge is 0.337 e. The summed E-state index contributed by atoms with van der Waals surface area (Å²) in [6.07, 6.45) is 7.45. The van der Waals surface area contributed by atoms with Gasteiger partial charge >= 0.3 is 11.9 Å². The molecule has 0 saturated carbocycles. The third-order valence-corrected chi connectivity index (χ3v) is 8.13. The van der Waals surface area contributed by atoms with Gasteiger partial charge < -0.3 is 25.8 Å². The minimum Gasteiger partial charge on any atom is -0.465 e. The number of unbranched alkanes of at least 4 members (excludes halogenated alkanes) is 2. The van der Waals surface area contributed by atoms with Gasteiger partial charge in [-0.1, -0.05) is 98.4 Å². The zero-order chi connectivity index (χ0) is 38.9. The molecule has 9 nitrogen and oxygen atoms in total. The lowest BCUT2D eigenvalue weighted by molar-refractivity contribution is -0.126. The van der Waals surface area contributed by atoms with Crippen molar-refractivity contribution in [1.29, 1.82) is 0 Å². The van der Waals surface area contributed by atoms with Gasteiger partial charge in [0.25, 0.3) is 0 Å². The van der Waals surface area contributed by atoms with Crippen molar-refractivity contribution >= 4 is 47.0 Å². The number of alkyl halides is 2. The van der Waals surface area contributed by atoms with Gasteiger partial charge in [-0.25, -0.2) is 9.59 Å². The Morgan fingerprint density at radius 3 is 1.31 bits per heavy atom. The topological polar surface area (TPSA) is 137 Å². The fourth-order valence-corrected chi connectivity index (χ4v) is 5.42. The third-order valence-electron chi connectivity index (χ3n) is 8.13. The number of hydrogen-bond acceptors (Lipinski definition) is 7. The van der Waals surface area contributed by atoms with Crippen LogP contribution in [-0.2, 0) is 19.1 Å². The number of carbonyl (C=O) groups excluding carboxylic acids is 4. The molecule has 2 rings (SSSR count). The van der Waals surface area contributed by atoms with Gasteiger partial charge in [0.1, 0.15) is 0 Å².